The van der Waals surface area contributed by atoms with Gasteiger partial charge in [0.05, 0.1) is 20.2 Å². The standard InChI is InChI=1S/C15H20N4O3/c1-18(15(20)7-8-19-12-16-11-17-19)9-10-22-14-5-3-13(21-2)4-6-14/h3-6,11-12H,7-10H2,1-2H3. The molecule has 1 aromatic heterocycles. The quantitative estimate of drug-likeness (QED) is 0.733. The lowest BCUT2D eigenvalue weighted by Crippen LogP contribution is -2.31. The summed E-state index contributed by atoms with van der Waals surface area (Å²) < 4.78 is 12.3. The predicted molar refractivity (Wildman–Crippen MR) is 80.8 cm³/mol. The van der Waals surface area contributed by atoms with Crippen LogP contribution in [0.4, 0.5) is 0 Å². The molecule has 2 rings (SSSR count). The van der Waals surface area contributed by atoms with Gasteiger partial charge in [-0.3, -0.25) is 9.48 Å². The number of amides is 1. The molecule has 1 aromatic carbocycles. The van der Waals surface area contributed by atoms with Crippen molar-refractivity contribution in [1.29, 1.82) is 0 Å². The van der Waals surface area contributed by atoms with Gasteiger partial charge in [-0.05, 0) is 24.3 Å². The van der Waals surface area contributed by atoms with Crippen LogP contribution in [0.15, 0.2) is 36.9 Å². The SMILES string of the molecule is COc1ccc(OCCN(C)C(=O)CCn2cncn2)cc1. The maximum absolute atomic E-state index is 12.0. The second-order valence-electron chi connectivity index (χ2n) is 4.75. The van der Waals surface area contributed by atoms with Crippen molar-refractivity contribution in [1.82, 2.24) is 19.7 Å². The summed E-state index contributed by atoms with van der Waals surface area (Å²) in [6.07, 6.45) is 3.44. The van der Waals surface area contributed by atoms with Crippen LogP contribution in [-0.4, -0.2) is 52.9 Å². The first-order valence-electron chi connectivity index (χ1n) is 7.02. The Kier molecular flexibility index (Phi) is 5.76. The molecule has 0 aliphatic carbocycles. The van der Waals surface area contributed by atoms with Crippen molar-refractivity contribution in [2.75, 3.05) is 27.3 Å². The molecule has 0 aliphatic heterocycles. The Balaban J connectivity index is 1.67. The molecule has 0 N–H and O–H groups in total. The number of ether oxygens (including phenoxy) is 2. The average molecular weight is 304 g/mol. The molecular weight excluding hydrogens is 284 g/mol. The first-order chi connectivity index (χ1) is 10.7. The third kappa shape index (κ3) is 4.76. The number of hydrogen-bond acceptors (Lipinski definition) is 5. The van der Waals surface area contributed by atoms with E-state index in [9.17, 15) is 4.79 Å². The average Bonchev–Trinajstić information content (AvgIpc) is 3.06. The number of rotatable bonds is 8. The highest BCUT2D eigenvalue weighted by molar-refractivity contribution is 5.75. The Morgan fingerprint density at radius 2 is 2.00 bits per heavy atom. The van der Waals surface area contributed by atoms with Gasteiger partial charge in [-0.1, -0.05) is 0 Å². The van der Waals surface area contributed by atoms with Crippen molar-refractivity contribution in [2.24, 2.45) is 0 Å². The van der Waals surface area contributed by atoms with E-state index >= 15 is 0 Å². The highest BCUT2D eigenvalue weighted by Crippen LogP contribution is 2.16. The molecule has 0 spiro atoms. The zero-order valence-electron chi connectivity index (χ0n) is 12.8. The van der Waals surface area contributed by atoms with Crippen LogP contribution in [0.3, 0.4) is 0 Å². The number of aromatic nitrogens is 3. The topological polar surface area (TPSA) is 69.5 Å². The molecule has 118 valence electrons. The van der Waals surface area contributed by atoms with Gasteiger partial charge in [0, 0.05) is 13.5 Å². The van der Waals surface area contributed by atoms with Gasteiger partial charge in [0.15, 0.2) is 0 Å². The van der Waals surface area contributed by atoms with Crippen LogP contribution in [0.1, 0.15) is 6.42 Å². The molecule has 2 aromatic rings. The van der Waals surface area contributed by atoms with Gasteiger partial charge in [0.1, 0.15) is 30.8 Å². The number of methoxy groups -OCH3 is 1. The van der Waals surface area contributed by atoms with E-state index in [-0.39, 0.29) is 5.91 Å². The molecule has 0 bridgehead atoms. The number of aryl methyl sites for hydroxylation is 1. The molecular formula is C15H20N4O3. The van der Waals surface area contributed by atoms with Crippen LogP contribution in [0.5, 0.6) is 11.5 Å². The molecule has 0 aliphatic rings. The molecule has 0 unspecified atom stereocenters. The monoisotopic (exact) mass is 304 g/mol. The lowest BCUT2D eigenvalue weighted by Gasteiger charge is -2.17. The van der Waals surface area contributed by atoms with E-state index in [2.05, 4.69) is 10.1 Å². The van der Waals surface area contributed by atoms with Gasteiger partial charge in [0.25, 0.3) is 0 Å². The van der Waals surface area contributed by atoms with E-state index in [4.69, 9.17) is 9.47 Å². The van der Waals surface area contributed by atoms with Crippen molar-refractivity contribution < 1.29 is 14.3 Å². The Morgan fingerprint density at radius 3 is 2.64 bits per heavy atom. The zero-order chi connectivity index (χ0) is 15.8. The summed E-state index contributed by atoms with van der Waals surface area (Å²) in [5.74, 6) is 1.59. The van der Waals surface area contributed by atoms with Crippen LogP contribution in [0.25, 0.3) is 0 Å². The zero-order valence-corrected chi connectivity index (χ0v) is 12.8. The van der Waals surface area contributed by atoms with E-state index in [0.717, 1.165) is 11.5 Å². The molecule has 1 heterocycles. The van der Waals surface area contributed by atoms with Crippen LogP contribution in [0.2, 0.25) is 0 Å². The number of hydrogen-bond donors (Lipinski definition) is 0. The second-order valence-corrected chi connectivity index (χ2v) is 4.75. The largest absolute Gasteiger partial charge is 0.497 e. The van der Waals surface area contributed by atoms with E-state index < -0.39 is 0 Å². The second kappa shape index (κ2) is 8.02. The first-order valence-corrected chi connectivity index (χ1v) is 7.02. The van der Waals surface area contributed by atoms with Crippen LogP contribution in [0, 0.1) is 0 Å². The molecule has 0 atom stereocenters. The lowest BCUT2D eigenvalue weighted by molar-refractivity contribution is -0.130. The minimum absolute atomic E-state index is 0.0498. The third-order valence-electron chi connectivity index (χ3n) is 3.20. The van der Waals surface area contributed by atoms with E-state index in [1.54, 1.807) is 30.1 Å². The molecule has 22 heavy (non-hydrogen) atoms. The summed E-state index contributed by atoms with van der Waals surface area (Å²) in [5.41, 5.74) is 0. The smallest absolute Gasteiger partial charge is 0.224 e. The van der Waals surface area contributed by atoms with E-state index in [1.165, 1.54) is 6.33 Å². The van der Waals surface area contributed by atoms with Crippen molar-refractivity contribution in [2.45, 2.75) is 13.0 Å². The summed E-state index contributed by atoms with van der Waals surface area (Å²) in [6, 6.07) is 7.35. The molecule has 1 amide bonds. The summed E-state index contributed by atoms with van der Waals surface area (Å²) in [6.45, 7) is 1.50. The normalized spacial score (nSPS) is 10.3. The van der Waals surface area contributed by atoms with Crippen molar-refractivity contribution in [3.05, 3.63) is 36.9 Å². The number of benzene rings is 1. The number of carbonyl (C=O) groups excluding carboxylic acids is 1. The third-order valence-corrected chi connectivity index (χ3v) is 3.20. The Hall–Kier alpha value is -2.57. The van der Waals surface area contributed by atoms with Crippen molar-refractivity contribution >= 4 is 5.91 Å². The minimum atomic E-state index is 0.0498. The minimum Gasteiger partial charge on any atom is -0.497 e. The van der Waals surface area contributed by atoms with Crippen molar-refractivity contribution in [3.63, 3.8) is 0 Å². The predicted octanol–water partition coefficient (Wildman–Crippen LogP) is 1.21. The van der Waals surface area contributed by atoms with Crippen LogP contribution in [-0.2, 0) is 11.3 Å². The lowest BCUT2D eigenvalue weighted by atomic mass is 10.3. The highest BCUT2D eigenvalue weighted by atomic mass is 16.5. The maximum atomic E-state index is 12.0. The molecule has 7 nitrogen and oxygen atoms in total. The molecule has 0 saturated carbocycles. The van der Waals surface area contributed by atoms with Gasteiger partial charge in [-0.25, -0.2) is 4.98 Å². The number of nitrogens with zero attached hydrogens (tertiary/aromatic N) is 4. The Morgan fingerprint density at radius 1 is 1.27 bits per heavy atom. The van der Waals surface area contributed by atoms with Gasteiger partial charge < -0.3 is 14.4 Å². The summed E-state index contributed by atoms with van der Waals surface area (Å²) in [4.78, 5) is 17.4. The van der Waals surface area contributed by atoms with Gasteiger partial charge in [-0.2, -0.15) is 5.10 Å². The first kappa shape index (κ1) is 15.8. The summed E-state index contributed by atoms with van der Waals surface area (Å²) in [7, 11) is 3.39. The van der Waals surface area contributed by atoms with E-state index in [1.807, 2.05) is 24.3 Å². The molecule has 7 heteroatoms. The summed E-state index contributed by atoms with van der Waals surface area (Å²) >= 11 is 0. The molecule has 0 saturated heterocycles. The van der Waals surface area contributed by atoms with Crippen LogP contribution >= 0.6 is 0 Å². The van der Waals surface area contributed by atoms with E-state index in [0.29, 0.717) is 26.1 Å². The Labute approximate surface area is 129 Å². The highest BCUT2D eigenvalue weighted by Gasteiger charge is 2.09. The Bertz CT molecular complexity index is 569. The fourth-order valence-electron chi connectivity index (χ4n) is 1.85. The van der Waals surface area contributed by atoms with Gasteiger partial charge in [-0.15, -0.1) is 0 Å². The van der Waals surface area contributed by atoms with Gasteiger partial charge in [0.2, 0.25) is 5.91 Å². The van der Waals surface area contributed by atoms with Gasteiger partial charge >= 0.3 is 0 Å². The van der Waals surface area contributed by atoms with Crippen molar-refractivity contribution in [3.8, 4) is 11.5 Å². The number of likely N-dealkylation sites (N-methyl/N-ethyl adjacent to an activating group) is 1. The molecule has 0 fully saturated rings. The fraction of sp³-hybridized carbons (Fsp3) is 0.400. The fourth-order valence-corrected chi connectivity index (χ4v) is 1.85. The molecule has 0 radical (unpaired) electrons. The maximum Gasteiger partial charge on any atom is 0.224 e. The number of carbonyl (C=O) groups is 1. The van der Waals surface area contributed by atoms with Crippen LogP contribution < -0.4 is 9.47 Å². The summed E-state index contributed by atoms with van der Waals surface area (Å²) in [5, 5.41) is 3.96.